The molecule has 0 aliphatic carbocycles. The molecule has 0 radical (unpaired) electrons. The van der Waals surface area contributed by atoms with Gasteiger partial charge >= 0.3 is 6.03 Å². The highest BCUT2D eigenvalue weighted by Gasteiger charge is 2.22. The molecule has 2 aromatic carbocycles. The van der Waals surface area contributed by atoms with Crippen molar-refractivity contribution in [2.45, 2.75) is 13.5 Å². The molecule has 4 rings (SSSR count). The van der Waals surface area contributed by atoms with Gasteiger partial charge in [-0.15, -0.1) is 0 Å². The number of anilines is 1. The summed E-state index contributed by atoms with van der Waals surface area (Å²) in [7, 11) is 0. The van der Waals surface area contributed by atoms with E-state index in [0.717, 1.165) is 5.69 Å². The predicted molar refractivity (Wildman–Crippen MR) is 110 cm³/mol. The molecule has 0 atom stereocenters. The van der Waals surface area contributed by atoms with E-state index in [1.807, 2.05) is 13.0 Å². The van der Waals surface area contributed by atoms with Gasteiger partial charge in [-0.2, -0.15) is 0 Å². The first-order chi connectivity index (χ1) is 14.1. The van der Waals surface area contributed by atoms with E-state index in [1.165, 1.54) is 0 Å². The van der Waals surface area contributed by atoms with Crippen LogP contribution >= 0.6 is 0 Å². The van der Waals surface area contributed by atoms with Crippen molar-refractivity contribution in [3.8, 4) is 0 Å². The number of carbonyl (C=O) groups is 2. The molecule has 1 aliphatic heterocycles. The second-order valence-corrected chi connectivity index (χ2v) is 6.78. The number of nitrogens with zero attached hydrogens (tertiary/aromatic N) is 3. The molecule has 1 saturated heterocycles. The van der Waals surface area contributed by atoms with E-state index in [0.29, 0.717) is 41.9 Å². The fourth-order valence-corrected chi connectivity index (χ4v) is 3.40. The number of carbonyl (C=O) groups excluding carboxylic acids is 2. The third-order valence-corrected chi connectivity index (χ3v) is 4.95. The molecule has 2 heterocycles. The second kappa shape index (κ2) is 7.75. The van der Waals surface area contributed by atoms with Gasteiger partial charge in [0.15, 0.2) is 0 Å². The Bertz CT molecular complexity index is 1120. The van der Waals surface area contributed by atoms with Gasteiger partial charge in [-0.3, -0.25) is 14.5 Å². The molecule has 8 nitrogen and oxygen atoms in total. The lowest BCUT2D eigenvalue weighted by molar-refractivity contribution is 0.0748. The standard InChI is InChI=1S/C21H21N5O3/c1-2-25(13-18-23-17-6-4-3-5-16(17)19(27)24-18)20(28)14-7-9-15(10-8-14)26-12-11-22-21(26)29/h3-10H,2,11-13H2,1H3,(H,22,29)(H,23,24,27). The van der Waals surface area contributed by atoms with Crippen LogP contribution in [0.4, 0.5) is 10.5 Å². The summed E-state index contributed by atoms with van der Waals surface area (Å²) in [5.74, 6) is 0.273. The Morgan fingerprint density at radius 3 is 2.59 bits per heavy atom. The van der Waals surface area contributed by atoms with E-state index in [1.54, 1.807) is 52.3 Å². The van der Waals surface area contributed by atoms with Crippen molar-refractivity contribution in [2.75, 3.05) is 24.5 Å². The van der Waals surface area contributed by atoms with Crippen LogP contribution in [0.1, 0.15) is 23.1 Å². The number of nitrogens with one attached hydrogen (secondary N) is 2. The molecule has 3 aromatic rings. The zero-order valence-corrected chi connectivity index (χ0v) is 16.0. The van der Waals surface area contributed by atoms with E-state index in [2.05, 4.69) is 15.3 Å². The first kappa shape index (κ1) is 18.7. The molecule has 0 unspecified atom stereocenters. The maximum atomic E-state index is 12.9. The lowest BCUT2D eigenvalue weighted by Crippen LogP contribution is -2.32. The largest absolute Gasteiger partial charge is 0.336 e. The molecule has 1 fully saturated rings. The minimum atomic E-state index is -0.220. The van der Waals surface area contributed by atoms with Crippen molar-refractivity contribution in [2.24, 2.45) is 0 Å². The van der Waals surface area contributed by atoms with Crippen molar-refractivity contribution in [3.05, 3.63) is 70.3 Å². The molecule has 1 aromatic heterocycles. The fourth-order valence-electron chi connectivity index (χ4n) is 3.40. The molecule has 0 spiro atoms. The van der Waals surface area contributed by atoms with Crippen molar-refractivity contribution >= 4 is 28.5 Å². The minimum absolute atomic E-state index is 0.134. The number of rotatable bonds is 5. The number of urea groups is 1. The van der Waals surface area contributed by atoms with Crippen LogP contribution in [0.25, 0.3) is 10.9 Å². The summed E-state index contributed by atoms with van der Waals surface area (Å²) in [4.78, 5) is 47.5. The van der Waals surface area contributed by atoms with Crippen molar-refractivity contribution < 1.29 is 9.59 Å². The molecule has 29 heavy (non-hydrogen) atoms. The molecule has 3 amide bonds. The highest BCUT2D eigenvalue weighted by atomic mass is 16.2. The van der Waals surface area contributed by atoms with Crippen molar-refractivity contribution in [1.82, 2.24) is 20.2 Å². The maximum Gasteiger partial charge on any atom is 0.321 e. The van der Waals surface area contributed by atoms with Crippen LogP contribution in [-0.2, 0) is 6.54 Å². The Morgan fingerprint density at radius 1 is 1.14 bits per heavy atom. The van der Waals surface area contributed by atoms with Gasteiger partial charge < -0.3 is 15.2 Å². The van der Waals surface area contributed by atoms with Crippen LogP contribution in [0.2, 0.25) is 0 Å². The topological polar surface area (TPSA) is 98.4 Å². The lowest BCUT2D eigenvalue weighted by Gasteiger charge is -2.21. The summed E-state index contributed by atoms with van der Waals surface area (Å²) in [6, 6.07) is 13.9. The van der Waals surface area contributed by atoms with E-state index in [-0.39, 0.29) is 24.0 Å². The van der Waals surface area contributed by atoms with Crippen molar-refractivity contribution in [1.29, 1.82) is 0 Å². The first-order valence-corrected chi connectivity index (χ1v) is 9.49. The Kier molecular flexibility index (Phi) is 4.99. The van der Waals surface area contributed by atoms with Gasteiger partial charge in [0.25, 0.3) is 11.5 Å². The van der Waals surface area contributed by atoms with Gasteiger partial charge in [-0.1, -0.05) is 12.1 Å². The summed E-state index contributed by atoms with van der Waals surface area (Å²) in [6.45, 7) is 3.76. The van der Waals surface area contributed by atoms with E-state index >= 15 is 0 Å². The molecular formula is C21H21N5O3. The quantitative estimate of drug-likeness (QED) is 0.696. The highest BCUT2D eigenvalue weighted by Crippen LogP contribution is 2.18. The number of fused-ring (bicyclic) bond motifs is 1. The molecule has 8 heteroatoms. The number of aromatic amines is 1. The molecular weight excluding hydrogens is 370 g/mol. The van der Waals surface area contributed by atoms with E-state index in [9.17, 15) is 14.4 Å². The minimum Gasteiger partial charge on any atom is -0.336 e. The second-order valence-electron chi connectivity index (χ2n) is 6.78. The van der Waals surface area contributed by atoms with E-state index < -0.39 is 0 Å². The Labute approximate surface area is 167 Å². The fraction of sp³-hybridized carbons (Fsp3) is 0.238. The van der Waals surface area contributed by atoms with Crippen LogP contribution in [0, 0.1) is 0 Å². The third-order valence-electron chi connectivity index (χ3n) is 4.95. The third kappa shape index (κ3) is 3.69. The van der Waals surface area contributed by atoms with Gasteiger partial charge in [0, 0.05) is 30.9 Å². The van der Waals surface area contributed by atoms with Crippen LogP contribution in [-0.4, -0.2) is 46.4 Å². The lowest BCUT2D eigenvalue weighted by atomic mass is 10.1. The Balaban J connectivity index is 1.54. The molecule has 2 N–H and O–H groups in total. The van der Waals surface area contributed by atoms with E-state index in [4.69, 9.17) is 0 Å². The Morgan fingerprint density at radius 2 is 1.90 bits per heavy atom. The van der Waals surface area contributed by atoms with Crippen molar-refractivity contribution in [3.63, 3.8) is 0 Å². The smallest absolute Gasteiger partial charge is 0.321 e. The summed E-state index contributed by atoms with van der Waals surface area (Å²) in [5.41, 5.74) is 1.64. The highest BCUT2D eigenvalue weighted by molar-refractivity contribution is 5.97. The maximum absolute atomic E-state index is 12.9. The molecule has 148 valence electrons. The Hall–Kier alpha value is -3.68. The summed E-state index contributed by atoms with van der Waals surface area (Å²) >= 11 is 0. The average Bonchev–Trinajstić information content (AvgIpc) is 3.17. The molecule has 0 bridgehead atoms. The summed E-state index contributed by atoms with van der Waals surface area (Å²) in [6.07, 6.45) is 0. The summed E-state index contributed by atoms with van der Waals surface area (Å²) in [5, 5.41) is 3.27. The first-order valence-electron chi connectivity index (χ1n) is 9.49. The number of benzene rings is 2. The molecule has 0 saturated carbocycles. The summed E-state index contributed by atoms with van der Waals surface area (Å²) < 4.78 is 0. The van der Waals surface area contributed by atoms with Gasteiger partial charge in [0.2, 0.25) is 0 Å². The monoisotopic (exact) mass is 391 g/mol. The van der Waals surface area contributed by atoms with Gasteiger partial charge in [-0.25, -0.2) is 9.78 Å². The van der Waals surface area contributed by atoms with Crippen LogP contribution in [0.5, 0.6) is 0 Å². The van der Waals surface area contributed by atoms with Gasteiger partial charge in [0.1, 0.15) is 5.82 Å². The molecule has 1 aliphatic rings. The number of hydrogen-bond acceptors (Lipinski definition) is 4. The van der Waals surface area contributed by atoms with Crippen LogP contribution in [0.3, 0.4) is 0 Å². The zero-order valence-electron chi connectivity index (χ0n) is 16.0. The van der Waals surface area contributed by atoms with Crippen LogP contribution < -0.4 is 15.8 Å². The van der Waals surface area contributed by atoms with Gasteiger partial charge in [-0.05, 0) is 43.3 Å². The number of hydrogen-bond donors (Lipinski definition) is 2. The number of para-hydroxylation sites is 1. The van der Waals surface area contributed by atoms with Gasteiger partial charge in [0.05, 0.1) is 17.4 Å². The normalized spacial score (nSPS) is 13.6. The predicted octanol–water partition coefficient (Wildman–Crippen LogP) is 2.12. The zero-order chi connectivity index (χ0) is 20.4. The number of H-pyrrole nitrogens is 1. The number of aromatic nitrogens is 2. The number of amides is 3. The average molecular weight is 391 g/mol. The van der Waals surface area contributed by atoms with Crippen LogP contribution in [0.15, 0.2) is 53.3 Å². The SMILES string of the molecule is CCN(Cc1nc2ccccc2c(=O)[nH]1)C(=O)c1ccc(N2CCNC2=O)cc1.